The summed E-state index contributed by atoms with van der Waals surface area (Å²) in [6.45, 7) is 0. The molecule has 0 radical (unpaired) electrons. The summed E-state index contributed by atoms with van der Waals surface area (Å²) in [5.41, 5.74) is 1.61. The predicted octanol–water partition coefficient (Wildman–Crippen LogP) is 1.04. The molecule has 9 heteroatoms. The first-order valence-electron chi connectivity index (χ1n) is 3.33. The van der Waals surface area contributed by atoms with Crippen molar-refractivity contribution in [1.82, 2.24) is 0 Å². The molecule has 0 aliphatic carbocycles. The van der Waals surface area contributed by atoms with Crippen LogP contribution in [0.3, 0.4) is 0 Å². The third-order valence-corrected chi connectivity index (χ3v) is 1.19. The summed E-state index contributed by atoms with van der Waals surface area (Å²) in [7, 11) is 0. The quantitative estimate of drug-likeness (QED) is 0.287. The lowest BCUT2D eigenvalue weighted by Gasteiger charge is -2.01. The Balaban J connectivity index is 0.000000423. The largest absolute Gasteiger partial charge is 0.328 e. The molecule has 1 aromatic carbocycles. The molecule has 1 aromatic rings. The lowest BCUT2D eigenvalue weighted by Crippen LogP contribution is -2.09. The Kier molecular flexibility index (Phi) is 4.88. The van der Waals surface area contributed by atoms with E-state index in [1.807, 2.05) is 5.43 Å². The second-order valence-corrected chi connectivity index (χ2v) is 2.11. The van der Waals surface area contributed by atoms with Crippen LogP contribution < -0.4 is 11.3 Å². The Morgan fingerprint density at radius 1 is 1.33 bits per heavy atom. The van der Waals surface area contributed by atoms with Crippen LogP contribution in [-0.2, 0) is 0 Å². The molecule has 0 aliphatic rings. The number of nitrogens with two attached hydrogens (primary N) is 1. The number of nitrogen functional groups attached to an aromatic ring is 1. The van der Waals surface area contributed by atoms with Gasteiger partial charge in [0.1, 0.15) is 0 Å². The topological polar surface area (TPSA) is 101 Å². The van der Waals surface area contributed by atoms with Crippen molar-refractivity contribution in [3.8, 4) is 0 Å². The van der Waals surface area contributed by atoms with Crippen LogP contribution in [0.1, 0.15) is 0 Å². The number of anilines is 1. The Labute approximate surface area is 81.2 Å². The molecule has 0 heterocycles. The zero-order valence-corrected chi connectivity index (χ0v) is 7.08. The van der Waals surface area contributed by atoms with Crippen LogP contribution in [0.25, 0.3) is 0 Å². The van der Waals surface area contributed by atoms with Crippen LogP contribution in [0.2, 0.25) is 0 Å². The molecule has 4 N–H and O–H groups in total. The van der Waals surface area contributed by atoms with Gasteiger partial charge in [-0.3, -0.25) is 5.84 Å². The molecule has 0 fully saturated rings. The Morgan fingerprint density at radius 2 is 1.80 bits per heavy atom. The third-order valence-electron chi connectivity index (χ3n) is 1.19. The molecular weight excluding hydrogens is 219 g/mol. The fourth-order valence-corrected chi connectivity index (χ4v) is 0.637. The fourth-order valence-electron chi connectivity index (χ4n) is 0.637. The molecule has 0 aliphatic heterocycles. The number of rotatable bonds is 1. The minimum absolute atomic E-state index is 0.274. The predicted molar refractivity (Wildman–Crippen MR) is 42.9 cm³/mol. The summed E-state index contributed by atoms with van der Waals surface area (Å²) < 4.78 is 37.1. The number of benzene rings is 1. The van der Waals surface area contributed by atoms with E-state index in [1.54, 1.807) is 0 Å². The van der Waals surface area contributed by atoms with Gasteiger partial charge in [0.05, 0.1) is 5.69 Å². The molecular formula is C6H6F3N3O3. The molecule has 0 amide bonds. The number of hydrogen-bond donors (Lipinski definition) is 3. The summed E-state index contributed by atoms with van der Waals surface area (Å²) in [4.78, 5) is 8.36. The Morgan fingerprint density at radius 3 is 2.20 bits per heavy atom. The van der Waals surface area contributed by atoms with Crippen molar-refractivity contribution >= 4 is 5.69 Å². The standard InChI is InChI=1S/C6H5F3N2.HNO3/c7-3-1-2-4(11-10)6(9)5(3)8;2-1(3)4/h1-2,11H,10H2;(H,2,3,4). The van der Waals surface area contributed by atoms with Crippen molar-refractivity contribution in [2.45, 2.75) is 0 Å². The summed E-state index contributed by atoms with van der Waals surface area (Å²) in [6, 6.07) is 1.79. The smallest absolute Gasteiger partial charge is 0.291 e. The second kappa shape index (κ2) is 5.65. The first-order valence-corrected chi connectivity index (χ1v) is 3.33. The van der Waals surface area contributed by atoms with E-state index in [1.165, 1.54) is 0 Å². The van der Waals surface area contributed by atoms with E-state index in [4.69, 9.17) is 21.2 Å². The SMILES string of the molecule is NNc1ccc(F)c(F)c1F.O=[N+]([O-])O. The highest BCUT2D eigenvalue weighted by molar-refractivity contribution is 5.43. The minimum Gasteiger partial charge on any atom is -0.328 e. The summed E-state index contributed by atoms with van der Waals surface area (Å²) in [6.07, 6.45) is 0. The van der Waals surface area contributed by atoms with Gasteiger partial charge < -0.3 is 10.6 Å². The molecule has 0 saturated carbocycles. The van der Waals surface area contributed by atoms with Crippen molar-refractivity contribution in [2.24, 2.45) is 5.84 Å². The summed E-state index contributed by atoms with van der Waals surface area (Å²) >= 11 is 0. The van der Waals surface area contributed by atoms with E-state index in [0.29, 0.717) is 0 Å². The Bertz CT molecular complexity index is 357. The molecule has 84 valence electrons. The molecule has 0 saturated heterocycles. The van der Waals surface area contributed by atoms with Crippen LogP contribution in [-0.4, -0.2) is 10.3 Å². The molecule has 6 nitrogen and oxygen atoms in total. The number of hydrazine groups is 1. The van der Waals surface area contributed by atoms with Crippen LogP contribution in [0, 0.1) is 27.6 Å². The highest BCUT2D eigenvalue weighted by atomic mass is 19.2. The van der Waals surface area contributed by atoms with Gasteiger partial charge >= 0.3 is 0 Å². The van der Waals surface area contributed by atoms with Crippen molar-refractivity contribution < 1.29 is 23.5 Å². The van der Waals surface area contributed by atoms with Gasteiger partial charge in [0.2, 0.25) is 0 Å². The van der Waals surface area contributed by atoms with Crippen molar-refractivity contribution in [3.63, 3.8) is 0 Å². The van der Waals surface area contributed by atoms with Gasteiger partial charge in [0, 0.05) is 0 Å². The van der Waals surface area contributed by atoms with Crippen molar-refractivity contribution in [3.05, 3.63) is 39.7 Å². The Hall–Kier alpha value is -2.03. The van der Waals surface area contributed by atoms with E-state index in [-0.39, 0.29) is 5.69 Å². The molecule has 0 unspecified atom stereocenters. The van der Waals surface area contributed by atoms with E-state index in [2.05, 4.69) is 0 Å². The number of nitrogens with zero attached hydrogens (tertiary/aromatic N) is 1. The van der Waals surface area contributed by atoms with Crippen LogP contribution in [0.15, 0.2) is 12.1 Å². The van der Waals surface area contributed by atoms with Gasteiger partial charge in [-0.25, -0.2) is 13.2 Å². The first kappa shape index (κ1) is 13.0. The van der Waals surface area contributed by atoms with E-state index < -0.39 is 22.5 Å². The second-order valence-electron chi connectivity index (χ2n) is 2.11. The third kappa shape index (κ3) is 4.13. The normalized spacial score (nSPS) is 8.80. The zero-order valence-electron chi connectivity index (χ0n) is 7.08. The molecule has 0 spiro atoms. The lowest BCUT2D eigenvalue weighted by atomic mass is 10.3. The van der Waals surface area contributed by atoms with Crippen molar-refractivity contribution in [1.29, 1.82) is 0 Å². The average molecular weight is 225 g/mol. The van der Waals surface area contributed by atoms with E-state index in [9.17, 15) is 13.2 Å². The average Bonchev–Trinajstić information content (AvgIpc) is 2.14. The summed E-state index contributed by atoms with van der Waals surface area (Å²) in [5.74, 6) is 0.716. The van der Waals surface area contributed by atoms with E-state index in [0.717, 1.165) is 12.1 Å². The molecule has 1 rings (SSSR count). The monoisotopic (exact) mass is 225 g/mol. The molecule has 0 atom stereocenters. The van der Waals surface area contributed by atoms with Crippen molar-refractivity contribution in [2.75, 3.05) is 5.43 Å². The molecule has 0 bridgehead atoms. The minimum atomic E-state index is -1.53. The van der Waals surface area contributed by atoms with Crippen LogP contribution in [0.5, 0.6) is 0 Å². The fraction of sp³-hybridized carbons (Fsp3) is 0. The number of nitrogens with one attached hydrogen (secondary N) is 1. The molecule has 0 aromatic heterocycles. The van der Waals surface area contributed by atoms with Gasteiger partial charge in [-0.05, 0) is 12.1 Å². The maximum absolute atomic E-state index is 12.5. The van der Waals surface area contributed by atoms with Crippen LogP contribution >= 0.6 is 0 Å². The van der Waals surface area contributed by atoms with Gasteiger partial charge in [-0.2, -0.15) is 0 Å². The summed E-state index contributed by atoms with van der Waals surface area (Å²) in [5, 5.41) is 13.6. The molecule has 15 heavy (non-hydrogen) atoms. The number of halogens is 3. The van der Waals surface area contributed by atoms with Crippen LogP contribution in [0.4, 0.5) is 18.9 Å². The highest BCUT2D eigenvalue weighted by Gasteiger charge is 2.11. The van der Waals surface area contributed by atoms with Gasteiger partial charge in [0.25, 0.3) is 5.09 Å². The maximum atomic E-state index is 12.5. The lowest BCUT2D eigenvalue weighted by molar-refractivity contribution is -0.742. The van der Waals surface area contributed by atoms with Gasteiger partial charge in [-0.1, -0.05) is 0 Å². The zero-order chi connectivity index (χ0) is 12.0. The highest BCUT2D eigenvalue weighted by Crippen LogP contribution is 2.17. The first-order chi connectivity index (χ1) is 6.90. The van der Waals surface area contributed by atoms with E-state index >= 15 is 0 Å². The number of hydrogen-bond acceptors (Lipinski definition) is 4. The maximum Gasteiger partial charge on any atom is 0.291 e. The van der Waals surface area contributed by atoms with Gasteiger partial charge in [0.15, 0.2) is 17.5 Å². The van der Waals surface area contributed by atoms with Gasteiger partial charge in [-0.15, -0.1) is 10.1 Å².